The molecule has 0 aromatic heterocycles. The molecule has 0 fully saturated rings. The first-order valence-corrected chi connectivity index (χ1v) is 3.50. The maximum atomic E-state index is 9.86. The third-order valence-electron chi connectivity index (χ3n) is 0.944. The molecule has 0 amide bonds. The van der Waals surface area contributed by atoms with Crippen molar-refractivity contribution in [1.82, 2.24) is 5.06 Å². The highest BCUT2D eigenvalue weighted by Crippen LogP contribution is 2.04. The molecule has 0 aliphatic carbocycles. The van der Waals surface area contributed by atoms with Crippen LogP contribution in [0.1, 0.15) is 6.42 Å². The summed E-state index contributed by atoms with van der Waals surface area (Å²) in [5, 5.41) is 1.27. The van der Waals surface area contributed by atoms with E-state index in [2.05, 4.69) is 4.28 Å². The average Bonchev–Trinajstić information content (AvgIpc) is 2.15. The van der Waals surface area contributed by atoms with Gasteiger partial charge in [0.15, 0.2) is 0 Å². The zero-order valence-electron chi connectivity index (χ0n) is 4.65. The number of rotatable bonds is 2. The molecule has 52 valence electrons. The largest absolute Gasteiger partial charge is 0.748 e. The van der Waals surface area contributed by atoms with Gasteiger partial charge in [-0.2, -0.15) is 4.28 Å². The molecule has 0 bridgehead atoms. The average molecular weight is 148 g/mol. The van der Waals surface area contributed by atoms with E-state index in [1.807, 2.05) is 6.08 Å². The van der Waals surface area contributed by atoms with Crippen LogP contribution in [0.2, 0.25) is 0 Å². The fourth-order valence-corrected chi connectivity index (χ4v) is 0.889. The second-order valence-electron chi connectivity index (χ2n) is 1.59. The van der Waals surface area contributed by atoms with Gasteiger partial charge in [0.05, 0.1) is 0 Å². The Morgan fingerprint density at radius 1 is 1.78 bits per heavy atom. The minimum Gasteiger partial charge on any atom is -0.748 e. The molecule has 4 nitrogen and oxygen atoms in total. The van der Waals surface area contributed by atoms with Gasteiger partial charge >= 0.3 is 0 Å². The minimum atomic E-state index is -2.43. The molecule has 0 radical (unpaired) electrons. The molecule has 1 aliphatic rings. The van der Waals surface area contributed by atoms with Crippen LogP contribution in [-0.4, -0.2) is 20.4 Å². The van der Waals surface area contributed by atoms with Gasteiger partial charge in [-0.1, -0.05) is 6.08 Å². The lowest BCUT2D eigenvalue weighted by Crippen LogP contribution is -2.16. The highest BCUT2D eigenvalue weighted by molar-refractivity contribution is 7.74. The summed E-state index contributed by atoms with van der Waals surface area (Å²) < 4.78 is 24.0. The van der Waals surface area contributed by atoms with E-state index >= 15 is 0 Å². The van der Waals surface area contributed by atoms with E-state index in [9.17, 15) is 8.76 Å². The van der Waals surface area contributed by atoms with Crippen LogP contribution in [0, 0.1) is 0 Å². The van der Waals surface area contributed by atoms with Gasteiger partial charge in [0, 0.05) is 12.7 Å². The van der Waals surface area contributed by atoms with Crippen LogP contribution in [0.5, 0.6) is 0 Å². The molecule has 0 saturated carbocycles. The Morgan fingerprint density at radius 2 is 2.56 bits per heavy atom. The zero-order valence-corrected chi connectivity index (χ0v) is 5.47. The van der Waals surface area contributed by atoms with Crippen LogP contribution < -0.4 is 0 Å². The van der Waals surface area contributed by atoms with Crippen LogP contribution >= 0.6 is 0 Å². The van der Waals surface area contributed by atoms with Crippen molar-refractivity contribution < 1.29 is 13.0 Å². The Hall–Kier alpha value is -0.390. The van der Waals surface area contributed by atoms with Gasteiger partial charge in [-0.3, -0.25) is 0 Å². The fourth-order valence-electron chi connectivity index (χ4n) is 0.609. The second-order valence-corrected chi connectivity index (χ2v) is 2.15. The molecule has 0 spiro atoms. The highest BCUT2D eigenvalue weighted by atomic mass is 32.2. The summed E-state index contributed by atoms with van der Waals surface area (Å²) in [5.41, 5.74) is 0. The first kappa shape index (κ1) is 6.73. The fraction of sp³-hybridized carbons (Fsp3) is 0.500. The summed E-state index contributed by atoms with van der Waals surface area (Å²) in [6, 6.07) is 0. The van der Waals surface area contributed by atoms with E-state index in [4.69, 9.17) is 0 Å². The van der Waals surface area contributed by atoms with Crippen molar-refractivity contribution in [2.24, 2.45) is 0 Å². The predicted molar refractivity (Wildman–Crippen MR) is 30.5 cm³/mol. The summed E-state index contributed by atoms with van der Waals surface area (Å²) in [7, 11) is 0. The van der Waals surface area contributed by atoms with Crippen molar-refractivity contribution in [3.8, 4) is 0 Å². The van der Waals surface area contributed by atoms with Crippen molar-refractivity contribution in [3.05, 3.63) is 12.3 Å². The highest BCUT2D eigenvalue weighted by Gasteiger charge is 2.02. The molecule has 1 aliphatic heterocycles. The van der Waals surface area contributed by atoms with E-state index in [0.717, 1.165) is 6.42 Å². The SMILES string of the molecule is O=S([O-])ON1C=CCC1. The van der Waals surface area contributed by atoms with Gasteiger partial charge in [-0.15, -0.1) is 0 Å². The molecule has 1 atom stereocenters. The van der Waals surface area contributed by atoms with Crippen LogP contribution in [0.15, 0.2) is 12.3 Å². The van der Waals surface area contributed by atoms with Crippen molar-refractivity contribution in [3.63, 3.8) is 0 Å². The molecule has 0 aromatic carbocycles. The Labute approximate surface area is 55.6 Å². The third kappa shape index (κ3) is 2.13. The minimum absolute atomic E-state index is 0.619. The van der Waals surface area contributed by atoms with Crippen LogP contribution in [0.3, 0.4) is 0 Å². The zero-order chi connectivity index (χ0) is 6.69. The molecule has 5 heteroatoms. The maximum Gasteiger partial charge on any atom is 0.112 e. The monoisotopic (exact) mass is 148 g/mol. The summed E-state index contributed by atoms with van der Waals surface area (Å²) in [6.45, 7) is 0.619. The topological polar surface area (TPSA) is 52.6 Å². The molecule has 0 aromatic rings. The van der Waals surface area contributed by atoms with Crippen LogP contribution in [0.4, 0.5) is 0 Å². The van der Waals surface area contributed by atoms with Crippen molar-refractivity contribution in [2.75, 3.05) is 6.54 Å². The lowest BCUT2D eigenvalue weighted by Gasteiger charge is -2.14. The quantitative estimate of drug-likeness (QED) is 0.514. The van der Waals surface area contributed by atoms with Gasteiger partial charge in [0.2, 0.25) is 0 Å². The normalized spacial score (nSPS) is 20.8. The number of hydroxylamine groups is 2. The van der Waals surface area contributed by atoms with Gasteiger partial charge in [0.1, 0.15) is 11.4 Å². The van der Waals surface area contributed by atoms with E-state index < -0.39 is 11.4 Å². The van der Waals surface area contributed by atoms with Crippen LogP contribution in [-0.2, 0) is 15.6 Å². The second kappa shape index (κ2) is 2.95. The number of nitrogens with zero attached hydrogens (tertiary/aromatic N) is 1. The van der Waals surface area contributed by atoms with Crippen LogP contribution in [0.25, 0.3) is 0 Å². The summed E-state index contributed by atoms with van der Waals surface area (Å²) in [5.74, 6) is 0. The number of hydrogen-bond acceptors (Lipinski definition) is 4. The summed E-state index contributed by atoms with van der Waals surface area (Å²) in [6.07, 6.45) is 4.28. The summed E-state index contributed by atoms with van der Waals surface area (Å²) >= 11 is -2.43. The van der Waals surface area contributed by atoms with E-state index in [0.29, 0.717) is 6.54 Å². The summed E-state index contributed by atoms with van der Waals surface area (Å²) in [4.78, 5) is 0. The maximum absolute atomic E-state index is 9.86. The van der Waals surface area contributed by atoms with Crippen molar-refractivity contribution in [2.45, 2.75) is 6.42 Å². The Morgan fingerprint density at radius 3 is 3.00 bits per heavy atom. The van der Waals surface area contributed by atoms with Gasteiger partial charge in [0.25, 0.3) is 0 Å². The van der Waals surface area contributed by atoms with Gasteiger partial charge in [-0.05, 0) is 6.42 Å². The standard InChI is InChI=1S/C4H7NO3S/c6-9(7)8-5-3-1-2-4-5/h1,3H,2,4H2,(H,6,7)/p-1. The van der Waals surface area contributed by atoms with E-state index in [1.54, 1.807) is 6.20 Å². The molecule has 0 saturated heterocycles. The molecule has 0 N–H and O–H groups in total. The smallest absolute Gasteiger partial charge is 0.112 e. The Balaban J connectivity index is 2.28. The first-order valence-electron chi connectivity index (χ1n) is 2.50. The molecule has 1 rings (SSSR count). The molecule has 1 unspecified atom stereocenters. The molecular weight excluding hydrogens is 142 g/mol. The number of hydrogen-bond donors (Lipinski definition) is 0. The van der Waals surface area contributed by atoms with E-state index in [-0.39, 0.29) is 0 Å². The lowest BCUT2D eigenvalue weighted by molar-refractivity contribution is 0.00814. The van der Waals surface area contributed by atoms with Crippen molar-refractivity contribution >= 4 is 11.4 Å². The van der Waals surface area contributed by atoms with Gasteiger partial charge in [-0.25, -0.2) is 9.27 Å². The van der Waals surface area contributed by atoms with Crippen molar-refractivity contribution in [1.29, 1.82) is 0 Å². The lowest BCUT2D eigenvalue weighted by atomic mass is 10.5. The molecular formula is C4H6NO3S-. The Kier molecular flexibility index (Phi) is 2.21. The first-order chi connectivity index (χ1) is 4.29. The van der Waals surface area contributed by atoms with Gasteiger partial charge < -0.3 is 4.55 Å². The predicted octanol–water partition coefficient (Wildman–Crippen LogP) is -0.0685. The third-order valence-corrected chi connectivity index (χ3v) is 1.26. The molecule has 1 heterocycles. The van der Waals surface area contributed by atoms with E-state index in [1.165, 1.54) is 5.06 Å². The molecule has 9 heavy (non-hydrogen) atoms. The Bertz CT molecular complexity index is 147.